The fraction of sp³-hybridized carbons (Fsp3) is 0.333. The molecule has 1 aliphatic carbocycles. The fourth-order valence-corrected chi connectivity index (χ4v) is 3.06. The minimum atomic E-state index is -0.0726. The van der Waals surface area contributed by atoms with Gasteiger partial charge in [-0.15, -0.1) is 0 Å². The molecule has 6 heteroatoms. The van der Waals surface area contributed by atoms with Crippen LogP contribution in [0, 0.1) is 0 Å². The average molecular weight is 367 g/mol. The highest BCUT2D eigenvalue weighted by atomic mass is 79.9. The van der Waals surface area contributed by atoms with Gasteiger partial charge in [0.25, 0.3) is 0 Å². The van der Waals surface area contributed by atoms with Gasteiger partial charge in [-0.25, -0.2) is 0 Å². The lowest BCUT2D eigenvalue weighted by molar-refractivity contribution is 0.103. The van der Waals surface area contributed by atoms with Crippen LogP contribution < -0.4 is 0 Å². The summed E-state index contributed by atoms with van der Waals surface area (Å²) in [5, 5.41) is 3.78. The Morgan fingerprint density at radius 1 is 1.38 bits per heavy atom. The molecule has 2 aromatic rings. The number of ketones is 1. The molecule has 108 valence electrons. The summed E-state index contributed by atoms with van der Waals surface area (Å²) in [5.74, 6) is 1.40. The Kier molecular flexibility index (Phi) is 4.26. The van der Waals surface area contributed by atoms with Crippen molar-refractivity contribution in [2.24, 2.45) is 0 Å². The van der Waals surface area contributed by atoms with E-state index >= 15 is 0 Å². The second kappa shape index (κ2) is 6.15. The van der Waals surface area contributed by atoms with Crippen LogP contribution in [-0.4, -0.2) is 16.7 Å². The quantitative estimate of drug-likeness (QED) is 0.579. The number of hydrogen-bond acceptors (Lipinski definition) is 4. The standard InChI is InChI=1S/C15H13BrNO3S/c16-11-3-4-12(10(7-11)5-6-21-19)14(18)13-8-17-20-15(13)9-1-2-9/h3-4,7-9H,1-2,5-6H2/q+1. The molecule has 0 amide bonds. The van der Waals surface area contributed by atoms with Gasteiger partial charge in [0.15, 0.2) is 11.5 Å². The largest absolute Gasteiger partial charge is 0.459 e. The number of carbonyl (C=O) groups excluding carboxylic acids is 1. The molecule has 3 rings (SSSR count). The summed E-state index contributed by atoms with van der Waals surface area (Å²) < 4.78 is 16.8. The van der Waals surface area contributed by atoms with Crippen molar-refractivity contribution >= 4 is 33.4 Å². The molecule has 1 heterocycles. The van der Waals surface area contributed by atoms with Gasteiger partial charge in [-0.2, -0.15) is 0 Å². The predicted molar refractivity (Wildman–Crippen MR) is 82.7 cm³/mol. The van der Waals surface area contributed by atoms with Crippen molar-refractivity contribution in [1.82, 2.24) is 5.16 Å². The normalized spacial score (nSPS) is 14.1. The van der Waals surface area contributed by atoms with Crippen molar-refractivity contribution in [2.75, 3.05) is 5.75 Å². The molecular weight excluding hydrogens is 354 g/mol. The van der Waals surface area contributed by atoms with Crippen LogP contribution in [0.3, 0.4) is 0 Å². The molecule has 1 aromatic heterocycles. The number of aryl methyl sites for hydroxylation is 1. The number of nitrogens with zero attached hydrogens (tertiary/aromatic N) is 1. The molecular formula is C15H13BrNO3S+. The van der Waals surface area contributed by atoms with E-state index in [0.717, 1.165) is 22.9 Å². The summed E-state index contributed by atoms with van der Waals surface area (Å²) >= 11 is 3.94. The maximum atomic E-state index is 12.8. The van der Waals surface area contributed by atoms with E-state index in [1.54, 1.807) is 6.07 Å². The molecule has 4 nitrogen and oxygen atoms in total. The Morgan fingerprint density at radius 2 is 2.19 bits per heavy atom. The first-order valence-electron chi connectivity index (χ1n) is 6.73. The number of halogens is 1. The maximum Gasteiger partial charge on any atom is 0.459 e. The van der Waals surface area contributed by atoms with Crippen LogP contribution in [0.15, 0.2) is 33.4 Å². The van der Waals surface area contributed by atoms with E-state index in [9.17, 15) is 9.00 Å². The van der Waals surface area contributed by atoms with Gasteiger partial charge in [-0.1, -0.05) is 21.1 Å². The Labute approximate surface area is 134 Å². The molecule has 0 unspecified atom stereocenters. The topological polar surface area (TPSA) is 60.2 Å². The van der Waals surface area contributed by atoms with Gasteiger partial charge in [0.2, 0.25) is 5.75 Å². The maximum absolute atomic E-state index is 12.8. The van der Waals surface area contributed by atoms with E-state index in [2.05, 4.69) is 21.1 Å². The second-order valence-corrected chi connectivity index (χ2v) is 6.64. The summed E-state index contributed by atoms with van der Waals surface area (Å²) in [4.78, 5) is 12.8. The monoisotopic (exact) mass is 366 g/mol. The van der Waals surface area contributed by atoms with E-state index < -0.39 is 0 Å². The number of hydrogen-bond donors (Lipinski definition) is 0. The van der Waals surface area contributed by atoms with E-state index in [-0.39, 0.29) is 5.78 Å². The predicted octanol–water partition coefficient (Wildman–Crippen LogP) is 3.52. The molecule has 1 fully saturated rings. The second-order valence-electron chi connectivity index (χ2n) is 5.08. The van der Waals surface area contributed by atoms with Crippen LogP contribution in [0.4, 0.5) is 0 Å². The van der Waals surface area contributed by atoms with Crippen LogP contribution >= 0.6 is 15.9 Å². The minimum Gasteiger partial charge on any atom is -0.360 e. The molecule has 0 spiro atoms. The zero-order valence-electron chi connectivity index (χ0n) is 11.2. The Balaban J connectivity index is 1.96. The molecule has 0 N–H and O–H groups in total. The van der Waals surface area contributed by atoms with Crippen LogP contribution in [0.25, 0.3) is 0 Å². The Bertz CT molecular complexity index is 694. The van der Waals surface area contributed by atoms with E-state index in [1.165, 1.54) is 6.20 Å². The Hall–Kier alpha value is -1.40. The molecule has 21 heavy (non-hydrogen) atoms. The van der Waals surface area contributed by atoms with Crippen LogP contribution in [0.1, 0.15) is 46.0 Å². The lowest BCUT2D eigenvalue weighted by Crippen LogP contribution is -2.08. The molecule has 0 radical (unpaired) electrons. The highest BCUT2D eigenvalue weighted by Crippen LogP contribution is 2.42. The molecule has 1 aromatic carbocycles. The smallest absolute Gasteiger partial charge is 0.360 e. The minimum absolute atomic E-state index is 0.0726. The Morgan fingerprint density at radius 3 is 2.90 bits per heavy atom. The van der Waals surface area contributed by atoms with Crippen molar-refractivity contribution in [2.45, 2.75) is 25.2 Å². The third-order valence-electron chi connectivity index (χ3n) is 3.56. The van der Waals surface area contributed by atoms with Gasteiger partial charge in [0.05, 0.1) is 11.8 Å². The zero-order chi connectivity index (χ0) is 14.8. The lowest BCUT2D eigenvalue weighted by Gasteiger charge is -2.06. The molecule has 0 bridgehead atoms. The fourth-order valence-electron chi connectivity index (χ4n) is 2.35. The summed E-state index contributed by atoms with van der Waals surface area (Å²) in [6.45, 7) is 0. The average Bonchev–Trinajstić information content (AvgIpc) is 3.21. The molecule has 1 saturated carbocycles. The van der Waals surface area contributed by atoms with Crippen molar-refractivity contribution in [3.63, 3.8) is 0 Å². The zero-order valence-corrected chi connectivity index (χ0v) is 13.6. The molecule has 0 aliphatic heterocycles. The number of aromatic nitrogens is 1. The third-order valence-corrected chi connectivity index (χ3v) is 4.42. The van der Waals surface area contributed by atoms with Crippen LogP contribution in [0.5, 0.6) is 0 Å². The molecule has 0 atom stereocenters. The van der Waals surface area contributed by atoms with Gasteiger partial charge in [-0.05, 0) is 36.6 Å². The van der Waals surface area contributed by atoms with Crippen LogP contribution in [-0.2, 0) is 22.3 Å². The van der Waals surface area contributed by atoms with Gasteiger partial charge in [-0.3, -0.25) is 4.79 Å². The SMILES string of the molecule is O=[S+]CCc1cc(Br)ccc1C(=O)c1cnoc1C1CC1. The molecule has 0 saturated heterocycles. The highest BCUT2D eigenvalue weighted by molar-refractivity contribution is 9.10. The summed E-state index contributed by atoms with van der Waals surface area (Å²) in [6.07, 6.45) is 4.17. The van der Waals surface area contributed by atoms with Crippen LogP contribution in [0.2, 0.25) is 0 Å². The summed E-state index contributed by atoms with van der Waals surface area (Å²) in [7, 11) is 0. The van der Waals surface area contributed by atoms with E-state index in [4.69, 9.17) is 4.52 Å². The first-order chi connectivity index (χ1) is 10.2. The first kappa shape index (κ1) is 14.5. The third kappa shape index (κ3) is 3.11. The van der Waals surface area contributed by atoms with Gasteiger partial charge >= 0.3 is 11.7 Å². The highest BCUT2D eigenvalue weighted by Gasteiger charge is 2.33. The van der Waals surface area contributed by atoms with Crippen molar-refractivity contribution in [3.05, 3.63) is 51.3 Å². The lowest BCUT2D eigenvalue weighted by atomic mass is 9.96. The van der Waals surface area contributed by atoms with Crippen molar-refractivity contribution in [1.29, 1.82) is 0 Å². The van der Waals surface area contributed by atoms with E-state index in [0.29, 0.717) is 46.6 Å². The summed E-state index contributed by atoms with van der Waals surface area (Å²) in [6, 6.07) is 5.53. The van der Waals surface area contributed by atoms with Gasteiger partial charge < -0.3 is 4.52 Å². The van der Waals surface area contributed by atoms with Gasteiger partial charge in [0, 0.05) is 26.6 Å². The molecule has 1 aliphatic rings. The first-order valence-corrected chi connectivity index (χ1v) is 8.43. The number of carbonyl (C=O) groups is 1. The number of rotatable bonds is 6. The van der Waals surface area contributed by atoms with Gasteiger partial charge in [0.1, 0.15) is 0 Å². The number of benzene rings is 1. The summed E-state index contributed by atoms with van der Waals surface area (Å²) in [5.41, 5.74) is 2.05. The van der Waals surface area contributed by atoms with Crippen molar-refractivity contribution < 1.29 is 13.5 Å². The van der Waals surface area contributed by atoms with Crippen molar-refractivity contribution in [3.8, 4) is 0 Å². The van der Waals surface area contributed by atoms with E-state index in [1.807, 2.05) is 12.1 Å².